The Labute approximate surface area is 106 Å². The van der Waals surface area contributed by atoms with Crippen molar-refractivity contribution in [2.75, 3.05) is 6.54 Å². The van der Waals surface area contributed by atoms with Crippen LogP contribution in [0.25, 0.3) is 0 Å². The molecular weight excluding hydrogens is 227 g/mol. The summed E-state index contributed by atoms with van der Waals surface area (Å²) in [5.74, 6) is 0.594. The van der Waals surface area contributed by atoms with Gasteiger partial charge < -0.3 is 14.8 Å². The molecule has 1 aliphatic heterocycles. The molecule has 1 saturated carbocycles. The molecule has 2 atom stereocenters. The number of hydrogen-bond donors (Lipinski definition) is 2. The van der Waals surface area contributed by atoms with Gasteiger partial charge >= 0.3 is 7.05 Å². The number of aryl methyl sites for hydroxylation is 1. The zero-order chi connectivity index (χ0) is 12.7. The Kier molecular flexibility index (Phi) is 1.69. The van der Waals surface area contributed by atoms with Crippen molar-refractivity contribution in [1.82, 2.24) is 9.79 Å². The smallest absolute Gasteiger partial charge is 0.409 e. The molecule has 2 heterocycles. The highest BCUT2D eigenvalue weighted by Gasteiger charge is 2.67. The predicted octanol–water partition coefficient (Wildman–Crippen LogP) is 1.09. The predicted molar refractivity (Wildman–Crippen MR) is 68.3 cm³/mol. The molecule has 2 aliphatic carbocycles. The third-order valence-corrected chi connectivity index (χ3v) is 4.78. The van der Waals surface area contributed by atoms with Crippen LogP contribution < -0.4 is 0 Å². The van der Waals surface area contributed by atoms with Crippen LogP contribution in [0.2, 0.25) is 6.82 Å². The lowest BCUT2D eigenvalue weighted by Crippen LogP contribution is -2.38. The lowest BCUT2D eigenvalue weighted by molar-refractivity contribution is 0.103. The highest BCUT2D eigenvalue weighted by Crippen LogP contribution is 2.67. The number of H-pyrrole nitrogens is 1. The number of hydrogen-bond acceptors (Lipinski definition) is 3. The van der Waals surface area contributed by atoms with E-state index in [1.54, 1.807) is 12.9 Å². The minimum Gasteiger partial charge on any atom is -0.432 e. The normalized spacial score (nSPS) is 31.7. The van der Waals surface area contributed by atoms with Gasteiger partial charge in [0.25, 0.3) is 0 Å². The average molecular weight is 242 g/mol. The van der Waals surface area contributed by atoms with E-state index in [2.05, 4.69) is 11.9 Å². The molecule has 92 valence electrons. The largest absolute Gasteiger partial charge is 0.432 e. The lowest BCUT2D eigenvalue weighted by Gasteiger charge is -2.30. The van der Waals surface area contributed by atoms with Crippen LogP contribution in [-0.4, -0.2) is 34.2 Å². The van der Waals surface area contributed by atoms with Crippen LogP contribution >= 0.6 is 0 Å². The summed E-state index contributed by atoms with van der Waals surface area (Å²) in [6.45, 7) is 4.69. The first kappa shape index (κ1) is 10.4. The van der Waals surface area contributed by atoms with Crippen LogP contribution in [0.15, 0.2) is 18.0 Å². The number of piperidine rings is 1. The van der Waals surface area contributed by atoms with Gasteiger partial charge in [-0.15, -0.1) is 0 Å². The van der Waals surface area contributed by atoms with Crippen LogP contribution in [0.3, 0.4) is 0 Å². The number of allylic oxidation sites excluding steroid dienone is 2. The average Bonchev–Trinajstić information content (AvgIpc) is 2.70. The number of carbonyl (C=O) groups is 1. The van der Waals surface area contributed by atoms with Crippen molar-refractivity contribution in [2.24, 2.45) is 5.92 Å². The van der Waals surface area contributed by atoms with Crippen molar-refractivity contribution in [2.45, 2.75) is 25.6 Å². The first-order chi connectivity index (χ1) is 8.55. The summed E-state index contributed by atoms with van der Waals surface area (Å²) in [6.07, 6.45) is 4.76. The van der Waals surface area contributed by atoms with E-state index in [9.17, 15) is 9.82 Å². The number of aromatic nitrogens is 1. The SMILES string of the molecule is CB(O)N1CC2C[C@@]23C1=CC(=O)c1[nH]cc(C)c13. The molecule has 1 saturated heterocycles. The second-order valence-corrected chi connectivity index (χ2v) is 5.77. The molecule has 0 radical (unpaired) electrons. The van der Waals surface area contributed by atoms with Gasteiger partial charge in [-0.3, -0.25) is 4.79 Å². The molecule has 1 spiro atoms. The summed E-state index contributed by atoms with van der Waals surface area (Å²) in [6, 6.07) is 0. The number of nitrogens with one attached hydrogen (secondary N) is 1. The van der Waals surface area contributed by atoms with Crippen molar-refractivity contribution >= 4 is 12.8 Å². The Balaban J connectivity index is 1.94. The summed E-state index contributed by atoms with van der Waals surface area (Å²) < 4.78 is 0. The summed E-state index contributed by atoms with van der Waals surface area (Å²) in [7, 11) is -0.519. The maximum atomic E-state index is 12.2. The Morgan fingerprint density at radius 3 is 3.11 bits per heavy atom. The maximum Gasteiger partial charge on any atom is 0.409 e. The summed E-state index contributed by atoms with van der Waals surface area (Å²) in [5.41, 5.74) is 4.15. The van der Waals surface area contributed by atoms with E-state index in [1.807, 2.05) is 11.0 Å². The Morgan fingerprint density at radius 1 is 1.61 bits per heavy atom. The van der Waals surface area contributed by atoms with Gasteiger partial charge in [-0.1, -0.05) is 0 Å². The van der Waals surface area contributed by atoms with E-state index in [0.717, 1.165) is 24.4 Å². The molecule has 1 aromatic heterocycles. The molecule has 3 aliphatic rings. The first-order valence-electron chi connectivity index (χ1n) is 6.45. The van der Waals surface area contributed by atoms with Gasteiger partial charge in [0.05, 0.1) is 5.69 Å². The van der Waals surface area contributed by atoms with Crippen LogP contribution in [0.4, 0.5) is 0 Å². The van der Waals surface area contributed by atoms with Crippen LogP contribution in [-0.2, 0) is 5.41 Å². The van der Waals surface area contributed by atoms with E-state index in [0.29, 0.717) is 5.92 Å². The van der Waals surface area contributed by atoms with Crippen molar-refractivity contribution in [3.05, 3.63) is 34.8 Å². The van der Waals surface area contributed by atoms with E-state index < -0.39 is 7.05 Å². The third-order valence-electron chi connectivity index (χ3n) is 4.78. The molecule has 2 fully saturated rings. The van der Waals surface area contributed by atoms with Crippen LogP contribution in [0.5, 0.6) is 0 Å². The fourth-order valence-electron chi connectivity index (χ4n) is 3.94. The molecule has 2 N–H and O–H groups in total. The number of carbonyl (C=O) groups excluding carboxylic acids is 1. The molecule has 0 amide bonds. The quantitative estimate of drug-likeness (QED) is 0.724. The summed E-state index contributed by atoms with van der Waals surface area (Å²) in [5, 5.41) is 9.85. The fourth-order valence-corrected chi connectivity index (χ4v) is 3.94. The second kappa shape index (κ2) is 2.91. The minimum atomic E-state index is -0.519. The van der Waals surface area contributed by atoms with Gasteiger partial charge in [-0.2, -0.15) is 0 Å². The van der Waals surface area contributed by atoms with E-state index in [-0.39, 0.29) is 11.2 Å². The van der Waals surface area contributed by atoms with Crippen molar-refractivity contribution in [3.8, 4) is 0 Å². The number of fused-ring (bicyclic) bond motifs is 1. The van der Waals surface area contributed by atoms with E-state index in [1.165, 1.54) is 11.1 Å². The summed E-state index contributed by atoms with van der Waals surface area (Å²) >= 11 is 0. The molecule has 0 aromatic carbocycles. The van der Waals surface area contributed by atoms with Crippen LogP contribution in [0, 0.1) is 12.8 Å². The monoisotopic (exact) mass is 242 g/mol. The molecule has 18 heavy (non-hydrogen) atoms. The Bertz CT molecular complexity index is 604. The van der Waals surface area contributed by atoms with Gasteiger partial charge in [-0.05, 0) is 37.2 Å². The Hall–Kier alpha value is -1.49. The minimum absolute atomic E-state index is 0.0182. The molecule has 1 aromatic rings. The van der Waals surface area contributed by atoms with Gasteiger partial charge in [0.15, 0.2) is 0 Å². The highest BCUT2D eigenvalue weighted by atomic mass is 16.2. The highest BCUT2D eigenvalue weighted by molar-refractivity contribution is 6.46. The summed E-state index contributed by atoms with van der Waals surface area (Å²) in [4.78, 5) is 17.2. The molecule has 4 nitrogen and oxygen atoms in total. The topological polar surface area (TPSA) is 56.3 Å². The standard InChI is InChI=1S/C13H15BN2O2/c1-7-5-15-12-9(17)3-10-13(11(7)12)4-8(13)6-16(10)14(2)18/h3,5,8,15,18H,4,6H2,1-2H3/t8?,13-/m0/s1. The number of nitrogens with zero attached hydrogens (tertiary/aromatic N) is 1. The van der Waals surface area contributed by atoms with Gasteiger partial charge in [-0.25, -0.2) is 0 Å². The van der Waals surface area contributed by atoms with Crippen molar-refractivity contribution in [1.29, 1.82) is 0 Å². The maximum absolute atomic E-state index is 12.2. The molecule has 5 heteroatoms. The molecular formula is C13H15BN2O2. The number of ketones is 1. The fraction of sp³-hybridized carbons (Fsp3) is 0.462. The molecule has 4 rings (SSSR count). The van der Waals surface area contributed by atoms with Crippen molar-refractivity contribution in [3.63, 3.8) is 0 Å². The first-order valence-corrected chi connectivity index (χ1v) is 6.45. The molecule has 1 unspecified atom stereocenters. The van der Waals surface area contributed by atoms with Crippen molar-refractivity contribution < 1.29 is 9.82 Å². The lowest BCUT2D eigenvalue weighted by atomic mass is 9.79. The van der Waals surface area contributed by atoms with Crippen LogP contribution in [0.1, 0.15) is 28.0 Å². The zero-order valence-electron chi connectivity index (χ0n) is 10.5. The second-order valence-electron chi connectivity index (χ2n) is 5.77. The van der Waals surface area contributed by atoms with E-state index in [4.69, 9.17) is 0 Å². The third kappa shape index (κ3) is 0.961. The number of aromatic amines is 1. The number of rotatable bonds is 1. The van der Waals surface area contributed by atoms with Gasteiger partial charge in [0.2, 0.25) is 5.78 Å². The molecule has 0 bridgehead atoms. The van der Waals surface area contributed by atoms with E-state index >= 15 is 0 Å². The zero-order valence-corrected chi connectivity index (χ0v) is 10.5. The van der Waals surface area contributed by atoms with Gasteiger partial charge in [0, 0.05) is 29.9 Å². The Morgan fingerprint density at radius 2 is 2.39 bits per heavy atom. The van der Waals surface area contributed by atoms with Gasteiger partial charge in [0.1, 0.15) is 0 Å².